The molecule has 1 N–H and O–H groups in total. The Hall–Kier alpha value is -0.370. The first kappa shape index (κ1) is 17.1. The minimum atomic E-state index is -0.517. The van der Waals surface area contributed by atoms with Gasteiger partial charge in [-0.1, -0.05) is 33.6 Å². The van der Waals surface area contributed by atoms with Crippen molar-refractivity contribution < 1.29 is 9.90 Å². The van der Waals surface area contributed by atoms with Gasteiger partial charge in [-0.3, -0.25) is 0 Å². The standard InChI is InChI=1S/C22H36O2/c1-14-6-5-9-22(13-23)18-7-10-20(3)17(8-11-21(20,4)24)16(18)12-15(2)19(14)22/h13-19,24H,5-12H2,1-4H3/t14-,15+,16+,17+,18+,19-,20+,21+,22+/m1/s1. The summed E-state index contributed by atoms with van der Waals surface area (Å²) in [6.07, 6.45) is 10.7. The minimum absolute atomic E-state index is 0.0597. The predicted octanol–water partition coefficient (Wildman–Crippen LogP) is 4.84. The molecule has 0 aromatic carbocycles. The van der Waals surface area contributed by atoms with Gasteiger partial charge in [0.25, 0.3) is 0 Å². The van der Waals surface area contributed by atoms with E-state index < -0.39 is 5.60 Å². The summed E-state index contributed by atoms with van der Waals surface area (Å²) in [6.45, 7) is 9.22. The van der Waals surface area contributed by atoms with E-state index in [1.807, 2.05) is 0 Å². The first-order chi connectivity index (χ1) is 11.3. The van der Waals surface area contributed by atoms with Crippen LogP contribution in [0.5, 0.6) is 0 Å². The van der Waals surface area contributed by atoms with E-state index in [0.29, 0.717) is 35.5 Å². The summed E-state index contributed by atoms with van der Waals surface area (Å²) in [5.41, 5.74) is -0.516. The Morgan fingerprint density at radius 2 is 1.67 bits per heavy atom. The lowest BCUT2D eigenvalue weighted by atomic mass is 9.41. The zero-order chi connectivity index (χ0) is 17.3. The van der Waals surface area contributed by atoms with Gasteiger partial charge in [0, 0.05) is 5.41 Å². The Balaban J connectivity index is 1.74. The molecule has 0 spiro atoms. The monoisotopic (exact) mass is 332 g/mol. The first-order valence-corrected chi connectivity index (χ1v) is 10.5. The molecule has 2 heteroatoms. The van der Waals surface area contributed by atoms with Gasteiger partial charge in [-0.2, -0.15) is 0 Å². The maximum absolute atomic E-state index is 12.5. The van der Waals surface area contributed by atoms with Crippen LogP contribution in [-0.4, -0.2) is 17.0 Å². The molecule has 0 aliphatic heterocycles. The van der Waals surface area contributed by atoms with Crippen molar-refractivity contribution in [2.24, 2.45) is 46.3 Å². The molecule has 0 aromatic rings. The molecule has 4 rings (SSSR count). The molecule has 9 atom stereocenters. The van der Waals surface area contributed by atoms with Crippen molar-refractivity contribution >= 4 is 6.29 Å². The van der Waals surface area contributed by atoms with Gasteiger partial charge in [0.05, 0.1) is 5.60 Å². The Morgan fingerprint density at radius 3 is 2.38 bits per heavy atom. The van der Waals surface area contributed by atoms with Gasteiger partial charge in [0.2, 0.25) is 0 Å². The number of hydrogen-bond acceptors (Lipinski definition) is 2. The van der Waals surface area contributed by atoms with Gasteiger partial charge in [0.15, 0.2) is 0 Å². The van der Waals surface area contributed by atoms with Gasteiger partial charge < -0.3 is 9.90 Å². The van der Waals surface area contributed by atoms with Crippen LogP contribution in [0.15, 0.2) is 0 Å². The molecule has 4 aliphatic rings. The molecule has 24 heavy (non-hydrogen) atoms. The topological polar surface area (TPSA) is 37.3 Å². The van der Waals surface area contributed by atoms with Crippen molar-refractivity contribution in [3.05, 3.63) is 0 Å². The molecule has 136 valence electrons. The zero-order valence-electron chi connectivity index (χ0n) is 16.1. The zero-order valence-corrected chi connectivity index (χ0v) is 16.1. The van der Waals surface area contributed by atoms with Crippen LogP contribution in [0.2, 0.25) is 0 Å². The first-order valence-electron chi connectivity index (χ1n) is 10.5. The fraction of sp³-hybridized carbons (Fsp3) is 0.955. The lowest BCUT2D eigenvalue weighted by Crippen LogP contribution is -2.59. The van der Waals surface area contributed by atoms with E-state index in [2.05, 4.69) is 27.7 Å². The average molecular weight is 333 g/mol. The van der Waals surface area contributed by atoms with Crippen molar-refractivity contribution in [2.75, 3.05) is 0 Å². The van der Waals surface area contributed by atoms with Crippen LogP contribution >= 0.6 is 0 Å². The molecule has 2 nitrogen and oxygen atoms in total. The highest BCUT2D eigenvalue weighted by molar-refractivity contribution is 5.62. The lowest BCUT2D eigenvalue weighted by Gasteiger charge is -2.63. The lowest BCUT2D eigenvalue weighted by molar-refractivity contribution is -0.175. The normalized spacial score (nSPS) is 60.0. The minimum Gasteiger partial charge on any atom is -0.390 e. The third-order valence-corrected chi connectivity index (χ3v) is 9.67. The number of hydrogen-bond donors (Lipinski definition) is 1. The van der Waals surface area contributed by atoms with Crippen LogP contribution in [0, 0.1) is 46.3 Å². The van der Waals surface area contributed by atoms with E-state index in [-0.39, 0.29) is 10.8 Å². The number of rotatable bonds is 1. The molecular formula is C22H36O2. The fourth-order valence-corrected chi connectivity index (χ4v) is 8.46. The van der Waals surface area contributed by atoms with Crippen molar-refractivity contribution in [3.8, 4) is 0 Å². The number of fused-ring (bicyclic) bond motifs is 5. The third kappa shape index (κ3) is 1.95. The van der Waals surface area contributed by atoms with Crippen LogP contribution in [0.1, 0.15) is 79.1 Å². The molecule has 4 saturated carbocycles. The van der Waals surface area contributed by atoms with Crippen molar-refractivity contribution in [1.82, 2.24) is 0 Å². The van der Waals surface area contributed by atoms with Gasteiger partial charge >= 0.3 is 0 Å². The number of aldehydes is 1. The molecular weight excluding hydrogens is 296 g/mol. The quantitative estimate of drug-likeness (QED) is 0.698. The Labute approximate surface area is 147 Å². The van der Waals surface area contributed by atoms with E-state index in [1.54, 1.807) is 0 Å². The average Bonchev–Trinajstić information content (AvgIpc) is 2.77. The highest BCUT2D eigenvalue weighted by Gasteiger charge is 2.65. The Morgan fingerprint density at radius 1 is 0.958 bits per heavy atom. The van der Waals surface area contributed by atoms with Crippen LogP contribution in [-0.2, 0) is 4.79 Å². The summed E-state index contributed by atoms with van der Waals surface area (Å²) in [6, 6.07) is 0. The highest BCUT2D eigenvalue weighted by atomic mass is 16.3. The molecule has 4 aliphatic carbocycles. The molecule has 0 unspecified atom stereocenters. The van der Waals surface area contributed by atoms with Crippen LogP contribution in [0.3, 0.4) is 0 Å². The molecule has 0 heterocycles. The molecule has 0 radical (unpaired) electrons. The second kappa shape index (κ2) is 5.32. The molecule has 0 bridgehead atoms. The number of aliphatic hydroxyl groups is 1. The molecule has 0 amide bonds. The van der Waals surface area contributed by atoms with E-state index in [1.165, 1.54) is 25.5 Å². The molecule has 0 saturated heterocycles. The van der Waals surface area contributed by atoms with Gasteiger partial charge in [-0.05, 0) is 86.4 Å². The summed E-state index contributed by atoms with van der Waals surface area (Å²) in [7, 11) is 0. The van der Waals surface area contributed by atoms with E-state index in [9.17, 15) is 9.90 Å². The second-order valence-electron chi connectivity index (χ2n) is 10.5. The Bertz CT molecular complexity index is 526. The number of carbonyl (C=O) groups is 1. The molecule has 4 fully saturated rings. The SMILES string of the molecule is C[C@@H]1CCC[C@@]2(C=O)[C@H]1[C@@H](C)C[C@@H]1[C@@H]2CC[C@@]2(C)[C@H]1CC[C@]2(C)O. The fourth-order valence-electron chi connectivity index (χ4n) is 8.46. The van der Waals surface area contributed by atoms with E-state index >= 15 is 0 Å². The van der Waals surface area contributed by atoms with E-state index in [4.69, 9.17) is 0 Å². The van der Waals surface area contributed by atoms with Crippen LogP contribution in [0.25, 0.3) is 0 Å². The predicted molar refractivity (Wildman–Crippen MR) is 96.5 cm³/mol. The van der Waals surface area contributed by atoms with Gasteiger partial charge in [0.1, 0.15) is 6.29 Å². The second-order valence-corrected chi connectivity index (χ2v) is 10.5. The summed E-state index contributed by atoms with van der Waals surface area (Å²) < 4.78 is 0. The number of carbonyl (C=O) groups excluding carboxylic acids is 1. The summed E-state index contributed by atoms with van der Waals surface area (Å²) >= 11 is 0. The highest BCUT2D eigenvalue weighted by Crippen LogP contribution is 2.69. The summed E-state index contributed by atoms with van der Waals surface area (Å²) in [5.74, 6) is 3.78. The van der Waals surface area contributed by atoms with Crippen molar-refractivity contribution in [3.63, 3.8) is 0 Å². The largest absolute Gasteiger partial charge is 0.390 e. The Kier molecular flexibility index (Phi) is 3.78. The van der Waals surface area contributed by atoms with Crippen molar-refractivity contribution in [2.45, 2.75) is 84.7 Å². The molecule has 0 aromatic heterocycles. The van der Waals surface area contributed by atoms with Crippen LogP contribution in [0.4, 0.5) is 0 Å². The van der Waals surface area contributed by atoms with Gasteiger partial charge in [-0.15, -0.1) is 0 Å². The summed E-state index contributed by atoms with van der Waals surface area (Å²) in [4.78, 5) is 12.5. The van der Waals surface area contributed by atoms with Crippen LogP contribution < -0.4 is 0 Å². The maximum atomic E-state index is 12.5. The van der Waals surface area contributed by atoms with Gasteiger partial charge in [-0.25, -0.2) is 0 Å². The van der Waals surface area contributed by atoms with E-state index in [0.717, 1.165) is 32.1 Å². The van der Waals surface area contributed by atoms with Crippen molar-refractivity contribution in [1.29, 1.82) is 0 Å². The smallest absolute Gasteiger partial charge is 0.126 e. The third-order valence-electron chi connectivity index (χ3n) is 9.67. The maximum Gasteiger partial charge on any atom is 0.126 e. The summed E-state index contributed by atoms with van der Waals surface area (Å²) in [5, 5.41) is 11.0.